The van der Waals surface area contributed by atoms with Gasteiger partial charge in [-0.05, 0) is 19.1 Å². The molecule has 1 aromatic carbocycles. The average Bonchev–Trinajstić information content (AvgIpc) is 3.15. The second-order valence-corrected chi connectivity index (χ2v) is 6.51. The number of benzene rings is 1. The van der Waals surface area contributed by atoms with Crippen LogP contribution < -0.4 is 10.1 Å². The van der Waals surface area contributed by atoms with Gasteiger partial charge in [0, 0.05) is 12.0 Å². The summed E-state index contributed by atoms with van der Waals surface area (Å²) in [6.45, 7) is 2.16. The van der Waals surface area contributed by atoms with Crippen LogP contribution in [0.1, 0.15) is 40.9 Å². The summed E-state index contributed by atoms with van der Waals surface area (Å²) < 4.78 is 77.6. The maximum atomic E-state index is 14.3. The van der Waals surface area contributed by atoms with Crippen molar-refractivity contribution in [1.29, 1.82) is 0 Å². The zero-order valence-electron chi connectivity index (χ0n) is 15.2. The number of aromatic nitrogens is 1. The van der Waals surface area contributed by atoms with Crippen LogP contribution in [-0.4, -0.2) is 30.2 Å². The molecule has 2 atom stereocenters. The number of carbonyl (C=O) groups excluding carboxylic acids is 1. The summed E-state index contributed by atoms with van der Waals surface area (Å²) in [4.78, 5) is 15.9. The van der Waals surface area contributed by atoms with Crippen molar-refractivity contribution in [2.45, 2.75) is 31.7 Å². The Morgan fingerprint density at radius 2 is 2.10 bits per heavy atom. The van der Waals surface area contributed by atoms with Crippen molar-refractivity contribution in [2.24, 2.45) is 0 Å². The van der Waals surface area contributed by atoms with Crippen molar-refractivity contribution in [1.82, 2.24) is 10.3 Å². The third-order valence-corrected chi connectivity index (χ3v) is 4.40. The summed E-state index contributed by atoms with van der Waals surface area (Å²) in [5, 5.41) is 2.29. The molecule has 1 fully saturated rings. The summed E-state index contributed by atoms with van der Waals surface area (Å²) in [5.74, 6) is -3.41. The van der Waals surface area contributed by atoms with Crippen LogP contribution in [0.3, 0.4) is 0 Å². The number of carbonyl (C=O) groups is 1. The zero-order chi connectivity index (χ0) is 21.2. The van der Waals surface area contributed by atoms with Gasteiger partial charge in [0.25, 0.3) is 5.91 Å². The highest BCUT2D eigenvalue weighted by atomic mass is 19.4. The summed E-state index contributed by atoms with van der Waals surface area (Å²) in [5.41, 5.74) is -2.30. The van der Waals surface area contributed by atoms with Gasteiger partial charge >= 0.3 is 6.18 Å². The lowest BCUT2D eigenvalue weighted by Gasteiger charge is -2.18. The number of alkyl halides is 3. The SMILES string of the molecule is C[C@@H](NC(=O)c1cc(O[C@@H]2CCOC2)cnc1F)c1cccc(C(F)(F)F)c1F. The number of hydrogen-bond donors (Lipinski definition) is 1. The molecule has 2 heterocycles. The predicted molar refractivity (Wildman–Crippen MR) is 91.3 cm³/mol. The maximum Gasteiger partial charge on any atom is 0.419 e. The van der Waals surface area contributed by atoms with Crippen molar-refractivity contribution in [3.8, 4) is 5.75 Å². The first-order valence-electron chi connectivity index (χ1n) is 8.73. The first kappa shape index (κ1) is 21.0. The van der Waals surface area contributed by atoms with Crippen molar-refractivity contribution in [2.75, 3.05) is 13.2 Å². The average molecular weight is 416 g/mol. The number of pyridine rings is 1. The van der Waals surface area contributed by atoms with E-state index in [0.717, 1.165) is 24.4 Å². The molecule has 0 bridgehead atoms. The first-order valence-corrected chi connectivity index (χ1v) is 8.73. The van der Waals surface area contributed by atoms with Gasteiger partial charge in [0.05, 0.1) is 36.6 Å². The highest BCUT2D eigenvalue weighted by Gasteiger charge is 2.35. The summed E-state index contributed by atoms with van der Waals surface area (Å²) in [6, 6.07) is 2.72. The first-order chi connectivity index (χ1) is 13.7. The Bertz CT molecular complexity index is 898. The normalized spacial score (nSPS) is 17.8. The Labute approximate surface area is 162 Å². The van der Waals surface area contributed by atoms with E-state index in [-0.39, 0.29) is 17.4 Å². The van der Waals surface area contributed by atoms with E-state index in [1.165, 1.54) is 6.92 Å². The highest BCUT2D eigenvalue weighted by Crippen LogP contribution is 2.34. The van der Waals surface area contributed by atoms with Gasteiger partial charge in [-0.3, -0.25) is 4.79 Å². The molecule has 5 nitrogen and oxygen atoms in total. The van der Waals surface area contributed by atoms with Crippen LogP contribution in [0.15, 0.2) is 30.5 Å². The molecule has 3 rings (SSSR count). The van der Waals surface area contributed by atoms with Gasteiger partial charge in [-0.2, -0.15) is 17.6 Å². The molecule has 0 aliphatic carbocycles. The van der Waals surface area contributed by atoms with E-state index in [0.29, 0.717) is 25.7 Å². The molecule has 1 N–H and O–H groups in total. The Hall–Kier alpha value is -2.75. The number of rotatable bonds is 5. The molecule has 0 radical (unpaired) electrons. The van der Waals surface area contributed by atoms with E-state index >= 15 is 0 Å². The molecule has 1 aromatic heterocycles. The molecular weight excluding hydrogens is 399 g/mol. The van der Waals surface area contributed by atoms with Crippen LogP contribution in [0.25, 0.3) is 0 Å². The summed E-state index contributed by atoms with van der Waals surface area (Å²) >= 11 is 0. The van der Waals surface area contributed by atoms with Crippen molar-refractivity contribution >= 4 is 5.91 Å². The van der Waals surface area contributed by atoms with E-state index in [4.69, 9.17) is 9.47 Å². The number of halogens is 5. The molecule has 1 saturated heterocycles. The summed E-state index contributed by atoms with van der Waals surface area (Å²) in [7, 11) is 0. The Kier molecular flexibility index (Phi) is 6.02. The molecular formula is C19H17F5N2O3. The Morgan fingerprint density at radius 3 is 2.76 bits per heavy atom. The molecule has 10 heteroatoms. The highest BCUT2D eigenvalue weighted by molar-refractivity contribution is 5.94. The summed E-state index contributed by atoms with van der Waals surface area (Å²) in [6.07, 6.45) is -3.39. The molecule has 1 aliphatic heterocycles. The minimum absolute atomic E-state index is 0.143. The lowest BCUT2D eigenvalue weighted by molar-refractivity contribution is -0.140. The van der Waals surface area contributed by atoms with Crippen LogP contribution in [0, 0.1) is 11.8 Å². The van der Waals surface area contributed by atoms with Gasteiger partial charge < -0.3 is 14.8 Å². The fraction of sp³-hybridized carbons (Fsp3) is 0.368. The topological polar surface area (TPSA) is 60.5 Å². The van der Waals surface area contributed by atoms with Crippen LogP contribution in [0.5, 0.6) is 5.75 Å². The van der Waals surface area contributed by atoms with E-state index in [2.05, 4.69) is 10.3 Å². The lowest BCUT2D eigenvalue weighted by Crippen LogP contribution is -2.29. The molecule has 0 unspecified atom stereocenters. The molecule has 1 amide bonds. The van der Waals surface area contributed by atoms with Crippen molar-refractivity contribution in [3.05, 3.63) is 58.9 Å². The molecule has 2 aromatic rings. The number of amides is 1. The van der Waals surface area contributed by atoms with Crippen LogP contribution in [0.2, 0.25) is 0 Å². The van der Waals surface area contributed by atoms with Gasteiger partial charge in [0.2, 0.25) is 5.95 Å². The minimum Gasteiger partial charge on any atom is -0.486 e. The second-order valence-electron chi connectivity index (χ2n) is 6.51. The van der Waals surface area contributed by atoms with Crippen molar-refractivity contribution in [3.63, 3.8) is 0 Å². The monoisotopic (exact) mass is 416 g/mol. The third kappa shape index (κ3) is 4.81. The zero-order valence-corrected chi connectivity index (χ0v) is 15.2. The number of hydrogen-bond acceptors (Lipinski definition) is 4. The second kappa shape index (κ2) is 8.32. The largest absolute Gasteiger partial charge is 0.486 e. The number of nitrogens with one attached hydrogen (secondary N) is 1. The number of nitrogens with zero attached hydrogens (tertiary/aromatic N) is 1. The Balaban J connectivity index is 1.78. The van der Waals surface area contributed by atoms with E-state index in [9.17, 15) is 26.7 Å². The molecule has 29 heavy (non-hydrogen) atoms. The van der Waals surface area contributed by atoms with E-state index < -0.39 is 41.0 Å². The van der Waals surface area contributed by atoms with E-state index in [1.54, 1.807) is 0 Å². The lowest BCUT2D eigenvalue weighted by atomic mass is 10.0. The maximum absolute atomic E-state index is 14.3. The van der Waals surface area contributed by atoms with Crippen LogP contribution in [-0.2, 0) is 10.9 Å². The van der Waals surface area contributed by atoms with E-state index in [1.807, 2.05) is 0 Å². The molecule has 0 spiro atoms. The molecule has 0 saturated carbocycles. The van der Waals surface area contributed by atoms with Gasteiger partial charge in [-0.15, -0.1) is 0 Å². The van der Waals surface area contributed by atoms with Gasteiger partial charge in [0.15, 0.2) is 0 Å². The Morgan fingerprint density at radius 1 is 1.34 bits per heavy atom. The standard InChI is InChI=1S/C19H17F5N2O3/c1-10(13-3-2-4-15(16(13)20)19(22,23)24)26-18(27)14-7-12(8-25-17(14)21)29-11-5-6-28-9-11/h2-4,7-8,10-11H,5-6,9H2,1H3,(H,26,27)/t10-,11-/m1/s1. The van der Waals surface area contributed by atoms with Gasteiger partial charge in [-0.1, -0.05) is 12.1 Å². The fourth-order valence-electron chi connectivity index (χ4n) is 2.91. The number of ether oxygens (including phenoxy) is 2. The van der Waals surface area contributed by atoms with Gasteiger partial charge in [-0.25, -0.2) is 9.37 Å². The van der Waals surface area contributed by atoms with Crippen molar-refractivity contribution < 1.29 is 36.2 Å². The third-order valence-electron chi connectivity index (χ3n) is 4.40. The van der Waals surface area contributed by atoms with Crippen LogP contribution >= 0.6 is 0 Å². The van der Waals surface area contributed by atoms with Crippen LogP contribution in [0.4, 0.5) is 22.0 Å². The molecule has 1 aliphatic rings. The minimum atomic E-state index is -4.88. The fourth-order valence-corrected chi connectivity index (χ4v) is 2.91. The molecule has 156 valence electrons. The van der Waals surface area contributed by atoms with Gasteiger partial charge in [0.1, 0.15) is 17.7 Å². The smallest absolute Gasteiger partial charge is 0.419 e. The predicted octanol–water partition coefficient (Wildman–Crippen LogP) is 4.04. The quantitative estimate of drug-likeness (QED) is 0.591.